The number of phosphoric ester groups is 2. The van der Waals surface area contributed by atoms with E-state index in [1.165, 1.54) is 116 Å². The fourth-order valence-electron chi connectivity index (χ4n) is 10.0. The van der Waals surface area contributed by atoms with Crippen LogP contribution >= 0.6 is 15.6 Å². The monoisotopic (exact) mass is 1310 g/mol. The van der Waals surface area contributed by atoms with Crippen molar-refractivity contribution in [3.8, 4) is 0 Å². The second kappa shape index (κ2) is 60.5. The van der Waals surface area contributed by atoms with Gasteiger partial charge in [0.1, 0.15) is 19.3 Å². The molecule has 0 saturated carbocycles. The third-order valence-corrected chi connectivity index (χ3v) is 17.4. The molecule has 0 fully saturated rings. The van der Waals surface area contributed by atoms with Gasteiger partial charge < -0.3 is 33.8 Å². The molecule has 17 nitrogen and oxygen atoms in total. The predicted octanol–water partition coefficient (Wildman–Crippen LogP) is 19.4. The average molecular weight is 1310 g/mol. The highest BCUT2D eigenvalue weighted by atomic mass is 31.2. The first-order valence-electron chi connectivity index (χ1n) is 35.7. The zero-order valence-electron chi connectivity index (χ0n) is 57.4. The molecular formula is C70H132O17P2. The lowest BCUT2D eigenvalue weighted by Crippen LogP contribution is -2.30. The van der Waals surface area contributed by atoms with Gasteiger partial charge >= 0.3 is 39.5 Å². The molecule has 0 aromatic carbocycles. The Morgan fingerprint density at radius 1 is 0.348 bits per heavy atom. The van der Waals surface area contributed by atoms with Gasteiger partial charge in [0.25, 0.3) is 0 Å². The van der Waals surface area contributed by atoms with Gasteiger partial charge in [-0.3, -0.25) is 37.3 Å². The minimum Gasteiger partial charge on any atom is -0.462 e. The number of aliphatic hydroxyl groups excluding tert-OH is 1. The Balaban J connectivity index is 5.29. The van der Waals surface area contributed by atoms with Crippen molar-refractivity contribution in [2.24, 2.45) is 17.8 Å². The fraction of sp³-hybridized carbons (Fsp3) is 0.886. The summed E-state index contributed by atoms with van der Waals surface area (Å²) in [7, 11) is -9.91. The number of rotatable bonds is 66. The summed E-state index contributed by atoms with van der Waals surface area (Å²) in [6, 6.07) is 0. The standard InChI is InChI=1S/C70H132O17P2/c1-8-9-10-11-12-13-14-15-16-17-18-23-31-39-46-53-69(74)86-65(57-80-67(72)51-44-37-30-22-20-19-21-27-34-41-48-61(2)3)59-84-88(76,77)82-55-64(71)56-83-89(78,79)85-60-66(58-81-68(73)52-45-38-33-26-29-36-43-50-63(6)7)87-70(75)54-47-40-32-25-24-28-35-42-49-62(4)5/h13-16,61-66,71H,8-12,17-60H2,1-7H3,(H,76,77)(H,78,79)/b14-13-,16-15-/t64?,65-,66-/m1/s1. The van der Waals surface area contributed by atoms with Gasteiger partial charge in [-0.05, 0) is 69.1 Å². The van der Waals surface area contributed by atoms with Crippen LogP contribution in [0.1, 0.15) is 325 Å². The fourth-order valence-corrected chi connectivity index (χ4v) is 11.6. The molecule has 0 aromatic rings. The van der Waals surface area contributed by atoms with Crippen LogP contribution in [0.5, 0.6) is 0 Å². The van der Waals surface area contributed by atoms with E-state index in [1.54, 1.807) is 0 Å². The summed E-state index contributed by atoms with van der Waals surface area (Å²) >= 11 is 0. The molecule has 0 aliphatic heterocycles. The Morgan fingerprint density at radius 3 is 0.910 bits per heavy atom. The number of carbonyl (C=O) groups is 4. The zero-order chi connectivity index (χ0) is 65.9. The largest absolute Gasteiger partial charge is 0.472 e. The van der Waals surface area contributed by atoms with Crippen molar-refractivity contribution in [2.75, 3.05) is 39.6 Å². The van der Waals surface area contributed by atoms with E-state index in [-0.39, 0.29) is 25.7 Å². The molecule has 0 heterocycles. The molecule has 0 aliphatic rings. The van der Waals surface area contributed by atoms with Gasteiger partial charge in [0.05, 0.1) is 26.4 Å². The number of esters is 4. The lowest BCUT2D eigenvalue weighted by molar-refractivity contribution is -0.161. The van der Waals surface area contributed by atoms with Gasteiger partial charge in [-0.2, -0.15) is 0 Å². The molecule has 3 unspecified atom stereocenters. The predicted molar refractivity (Wildman–Crippen MR) is 358 cm³/mol. The van der Waals surface area contributed by atoms with E-state index in [1.807, 2.05) is 0 Å². The van der Waals surface area contributed by atoms with Crippen LogP contribution < -0.4 is 0 Å². The molecule has 0 aliphatic carbocycles. The average Bonchev–Trinajstić information content (AvgIpc) is 3.70. The summed E-state index contributed by atoms with van der Waals surface area (Å²) < 4.78 is 68.2. The summed E-state index contributed by atoms with van der Waals surface area (Å²) in [5.41, 5.74) is 0. The SMILES string of the molecule is CCCCCC/C=C\C=C/CCCCCCCC(=O)O[C@H](COC(=O)CCCCCCCCCCCCC(C)C)COP(=O)(O)OCC(O)COP(=O)(O)OC[C@@H](COC(=O)CCCCCCCCCC(C)C)OC(=O)CCCCCCCCCCC(C)C. The van der Waals surface area contributed by atoms with E-state index in [4.69, 9.17) is 37.0 Å². The topological polar surface area (TPSA) is 237 Å². The molecule has 0 saturated heterocycles. The maximum Gasteiger partial charge on any atom is 0.472 e. The van der Waals surface area contributed by atoms with Crippen LogP contribution in [0.3, 0.4) is 0 Å². The number of ether oxygens (including phenoxy) is 4. The van der Waals surface area contributed by atoms with Crippen LogP contribution in [0.4, 0.5) is 0 Å². The highest BCUT2D eigenvalue weighted by molar-refractivity contribution is 7.47. The number of aliphatic hydroxyl groups is 1. The number of hydrogen-bond donors (Lipinski definition) is 3. The first-order chi connectivity index (χ1) is 42.7. The number of hydrogen-bond acceptors (Lipinski definition) is 15. The molecule has 0 amide bonds. The van der Waals surface area contributed by atoms with Gasteiger partial charge in [0, 0.05) is 25.7 Å². The summed E-state index contributed by atoms with van der Waals surface area (Å²) in [5, 5.41) is 10.6. The Morgan fingerprint density at radius 2 is 0.607 bits per heavy atom. The van der Waals surface area contributed by atoms with E-state index >= 15 is 0 Å². The van der Waals surface area contributed by atoms with Crippen molar-refractivity contribution >= 4 is 39.5 Å². The molecule has 0 aromatic heterocycles. The quantitative estimate of drug-likeness (QED) is 0.0169. The second-order valence-electron chi connectivity index (χ2n) is 26.0. The van der Waals surface area contributed by atoms with Crippen LogP contribution in [-0.4, -0.2) is 96.7 Å². The third-order valence-electron chi connectivity index (χ3n) is 15.5. The van der Waals surface area contributed by atoms with Crippen molar-refractivity contribution < 1.29 is 80.2 Å². The van der Waals surface area contributed by atoms with Gasteiger partial charge in [-0.15, -0.1) is 0 Å². The van der Waals surface area contributed by atoms with Gasteiger partial charge in [0.2, 0.25) is 0 Å². The Labute approximate surface area is 542 Å². The van der Waals surface area contributed by atoms with Gasteiger partial charge in [-0.1, -0.05) is 272 Å². The minimum absolute atomic E-state index is 0.0842. The van der Waals surface area contributed by atoms with Crippen molar-refractivity contribution in [3.63, 3.8) is 0 Å². The normalized spacial score (nSPS) is 14.4. The van der Waals surface area contributed by atoms with E-state index in [0.717, 1.165) is 115 Å². The van der Waals surface area contributed by atoms with Crippen LogP contribution in [0.15, 0.2) is 24.3 Å². The molecule has 5 atom stereocenters. The van der Waals surface area contributed by atoms with E-state index < -0.39 is 97.5 Å². The molecule has 524 valence electrons. The Kier molecular flexibility index (Phi) is 58.8. The molecule has 3 N–H and O–H groups in total. The van der Waals surface area contributed by atoms with Crippen molar-refractivity contribution in [1.29, 1.82) is 0 Å². The number of allylic oxidation sites excluding steroid dienone is 4. The summed E-state index contributed by atoms with van der Waals surface area (Å²) in [5.74, 6) is 0.0161. The second-order valence-corrected chi connectivity index (χ2v) is 28.9. The maximum atomic E-state index is 13.0. The highest BCUT2D eigenvalue weighted by Crippen LogP contribution is 2.45. The molecule has 0 radical (unpaired) electrons. The van der Waals surface area contributed by atoms with E-state index in [9.17, 15) is 43.2 Å². The first kappa shape index (κ1) is 86.5. The summed E-state index contributed by atoms with van der Waals surface area (Å²) in [6.45, 7) is 11.7. The van der Waals surface area contributed by atoms with Crippen LogP contribution in [0, 0.1) is 17.8 Å². The zero-order valence-corrected chi connectivity index (χ0v) is 59.2. The molecule has 0 spiro atoms. The number of phosphoric acid groups is 2. The van der Waals surface area contributed by atoms with Gasteiger partial charge in [0.15, 0.2) is 12.2 Å². The summed E-state index contributed by atoms with van der Waals surface area (Å²) in [4.78, 5) is 72.5. The molecular weight excluding hydrogens is 1170 g/mol. The smallest absolute Gasteiger partial charge is 0.462 e. The van der Waals surface area contributed by atoms with Crippen molar-refractivity contribution in [3.05, 3.63) is 24.3 Å². The molecule has 89 heavy (non-hydrogen) atoms. The van der Waals surface area contributed by atoms with Crippen molar-refractivity contribution in [2.45, 2.75) is 343 Å². The number of unbranched alkanes of at least 4 members (excludes halogenated alkanes) is 31. The highest BCUT2D eigenvalue weighted by Gasteiger charge is 2.30. The first-order valence-corrected chi connectivity index (χ1v) is 38.7. The molecule has 0 bridgehead atoms. The van der Waals surface area contributed by atoms with Crippen LogP contribution in [-0.2, 0) is 65.4 Å². The van der Waals surface area contributed by atoms with Crippen LogP contribution in [0.2, 0.25) is 0 Å². The van der Waals surface area contributed by atoms with Crippen molar-refractivity contribution in [1.82, 2.24) is 0 Å². The number of carbonyl (C=O) groups excluding carboxylic acids is 4. The van der Waals surface area contributed by atoms with Crippen LogP contribution in [0.25, 0.3) is 0 Å². The lowest BCUT2D eigenvalue weighted by Gasteiger charge is -2.21. The molecule has 19 heteroatoms. The van der Waals surface area contributed by atoms with E-state index in [0.29, 0.717) is 37.5 Å². The molecule has 0 rings (SSSR count). The lowest BCUT2D eigenvalue weighted by atomic mass is 10.0. The Bertz CT molecular complexity index is 1840. The summed E-state index contributed by atoms with van der Waals surface area (Å²) in [6.07, 6.45) is 46.8. The van der Waals surface area contributed by atoms with Gasteiger partial charge in [-0.25, -0.2) is 9.13 Å². The van der Waals surface area contributed by atoms with E-state index in [2.05, 4.69) is 72.8 Å². The Hall–Kier alpha value is -2.46. The minimum atomic E-state index is -4.96. The third kappa shape index (κ3) is 64.1. The maximum absolute atomic E-state index is 13.0.